The van der Waals surface area contributed by atoms with E-state index in [0.29, 0.717) is 24.7 Å². The van der Waals surface area contributed by atoms with E-state index in [1.54, 1.807) is 0 Å². The fourth-order valence-corrected chi connectivity index (χ4v) is 9.95. The molecule has 1 aliphatic heterocycles. The Morgan fingerprint density at radius 3 is 1.37 bits per heavy atom. The van der Waals surface area contributed by atoms with Crippen molar-refractivity contribution in [3.63, 3.8) is 0 Å². The van der Waals surface area contributed by atoms with Crippen molar-refractivity contribution >= 4 is 29.1 Å². The smallest absolute Gasteiger partial charge is 0.305 e. The van der Waals surface area contributed by atoms with Crippen molar-refractivity contribution in [2.24, 2.45) is 23.7 Å². The van der Waals surface area contributed by atoms with E-state index < -0.39 is 0 Å². The van der Waals surface area contributed by atoms with E-state index in [0.717, 1.165) is 67.6 Å². The van der Waals surface area contributed by atoms with Crippen LogP contribution in [-0.4, -0.2) is 42.8 Å². The summed E-state index contributed by atoms with van der Waals surface area (Å²) >= 11 is 1.39. The van der Waals surface area contributed by atoms with Crippen LogP contribution in [-0.2, 0) is 19.1 Å². The van der Waals surface area contributed by atoms with Crippen LogP contribution >= 0.6 is 11.8 Å². The second-order valence-corrected chi connectivity index (χ2v) is 21.8. The molecular formula is C64H131NO4S. The largest absolute Gasteiger partial charge is 0.465 e. The number of hydrogen-bond acceptors (Lipinski definition) is 6. The van der Waals surface area contributed by atoms with Gasteiger partial charge in [-0.05, 0) is 88.1 Å². The maximum Gasteiger partial charge on any atom is 0.305 e. The van der Waals surface area contributed by atoms with Gasteiger partial charge in [-0.25, -0.2) is 0 Å². The molecule has 0 aliphatic carbocycles. The van der Waals surface area contributed by atoms with Crippen LogP contribution in [0, 0.1) is 23.7 Å². The highest BCUT2D eigenvalue weighted by molar-refractivity contribution is 8.11. The van der Waals surface area contributed by atoms with Gasteiger partial charge >= 0.3 is 5.97 Å². The highest BCUT2D eigenvalue weighted by Crippen LogP contribution is 2.24. The molecule has 0 saturated carbocycles. The first-order chi connectivity index (χ1) is 34.3. The number of ketones is 1. The number of thioether (sulfide) groups is 1. The van der Waals surface area contributed by atoms with E-state index in [-0.39, 0.29) is 5.97 Å². The maximum absolute atomic E-state index is 12.5. The fourth-order valence-electron chi connectivity index (χ4n) is 9.48. The van der Waals surface area contributed by atoms with Crippen molar-refractivity contribution in [3.05, 3.63) is 0 Å². The molecule has 422 valence electrons. The summed E-state index contributed by atoms with van der Waals surface area (Å²) in [6.45, 7) is 27.1. The normalized spacial score (nSPS) is 13.5. The van der Waals surface area contributed by atoms with Crippen LogP contribution in [0.15, 0.2) is 0 Å². The molecule has 1 saturated heterocycles. The molecule has 0 aromatic rings. The van der Waals surface area contributed by atoms with Crippen LogP contribution in [0.2, 0.25) is 0 Å². The van der Waals surface area contributed by atoms with Gasteiger partial charge in [0.15, 0.2) is 5.62 Å². The molecule has 3 atom stereocenters. The minimum absolute atomic E-state index is 0.0267. The van der Waals surface area contributed by atoms with E-state index in [1.807, 2.05) is 27.7 Å². The fraction of sp³-hybridized carbons (Fsp3) is 0.953. The van der Waals surface area contributed by atoms with Crippen LogP contribution in [0.1, 0.15) is 346 Å². The lowest BCUT2D eigenvalue weighted by Gasteiger charge is -2.20. The van der Waals surface area contributed by atoms with Gasteiger partial charge in [-0.3, -0.25) is 14.4 Å². The molecule has 5 nitrogen and oxygen atoms in total. The maximum atomic E-state index is 12.5. The molecule has 70 heavy (non-hydrogen) atoms. The number of carbonyl (C=O) groups is 3. The second-order valence-electron chi connectivity index (χ2n) is 20.9. The number of nitrogens with one attached hydrogen (secondary N) is 1. The zero-order valence-corrected chi connectivity index (χ0v) is 50.8. The summed E-state index contributed by atoms with van der Waals surface area (Å²) in [4.78, 5) is 34.6. The van der Waals surface area contributed by atoms with Gasteiger partial charge in [0.2, 0.25) is 0 Å². The Morgan fingerprint density at radius 2 is 0.886 bits per heavy atom. The van der Waals surface area contributed by atoms with Crippen molar-refractivity contribution in [2.75, 3.05) is 25.4 Å². The van der Waals surface area contributed by atoms with Gasteiger partial charge in [0.05, 0.1) is 6.61 Å². The van der Waals surface area contributed by atoms with Gasteiger partial charge in [0.25, 0.3) is 0 Å². The first-order valence-corrected chi connectivity index (χ1v) is 32.8. The highest BCUT2D eigenvalue weighted by Gasteiger charge is 2.14. The molecule has 1 rings (SSSR count). The highest BCUT2D eigenvalue weighted by atomic mass is 32.2. The van der Waals surface area contributed by atoms with E-state index >= 15 is 0 Å². The molecule has 0 aromatic heterocycles. The van der Waals surface area contributed by atoms with Crippen molar-refractivity contribution in [1.29, 1.82) is 0 Å². The first kappa shape index (κ1) is 75.6. The Morgan fingerprint density at radius 1 is 0.486 bits per heavy atom. The number of ether oxygens (including phenoxy) is 1. The third-order valence-corrected chi connectivity index (χ3v) is 15.0. The van der Waals surface area contributed by atoms with Crippen LogP contribution in [0.3, 0.4) is 0 Å². The number of unbranched alkanes of at least 4 members (excludes halogenated alkanes) is 22. The number of piperidine rings is 1. The molecule has 1 heterocycles. The summed E-state index contributed by atoms with van der Waals surface area (Å²) in [6.07, 6.45) is 52.6. The average molecular weight is 1010 g/mol. The molecule has 1 fully saturated rings. The predicted octanol–water partition coefficient (Wildman–Crippen LogP) is 21.6. The Balaban J connectivity index is -0.000000807. The van der Waals surface area contributed by atoms with Crippen LogP contribution in [0.25, 0.3) is 0 Å². The zero-order chi connectivity index (χ0) is 52.8. The number of esters is 1. The van der Waals surface area contributed by atoms with Gasteiger partial charge in [-0.15, -0.1) is 0 Å². The van der Waals surface area contributed by atoms with Crippen LogP contribution < -0.4 is 5.32 Å². The molecule has 0 spiro atoms. The molecule has 1 aliphatic rings. The Hall–Kier alpha value is -0.880. The lowest BCUT2D eigenvalue weighted by molar-refractivity contribution is -0.145. The van der Waals surface area contributed by atoms with E-state index in [2.05, 4.69) is 53.8 Å². The van der Waals surface area contributed by atoms with Crippen molar-refractivity contribution in [3.8, 4) is 0 Å². The average Bonchev–Trinajstić information content (AvgIpc) is 3.39. The molecule has 0 aromatic carbocycles. The van der Waals surface area contributed by atoms with Crippen LogP contribution in [0.4, 0.5) is 0 Å². The Kier molecular flexibility index (Phi) is 73.6. The SMILES string of the molecule is CC.CC.CCC1CCNCC1.CCCCCCC(CCCC)CCC(=O)CCCCCCCCC(C)CCCCCCCCC(=O)OCC(CCCC)CCCCCC.CCCCCCCSC=O. The van der Waals surface area contributed by atoms with Crippen LogP contribution in [0.5, 0.6) is 0 Å². The van der Waals surface area contributed by atoms with E-state index in [1.165, 1.54) is 250 Å². The van der Waals surface area contributed by atoms with E-state index in [9.17, 15) is 14.4 Å². The Bertz CT molecular complexity index is 915. The number of Topliss-reactive ketones (excluding diaryl/α,β-unsaturated/α-hetero) is 1. The number of carbonyl (C=O) groups excluding carboxylic acids is 3. The van der Waals surface area contributed by atoms with Crippen molar-refractivity contribution < 1.29 is 19.1 Å². The summed E-state index contributed by atoms with van der Waals surface area (Å²) in [5.41, 5.74) is 0.930. The predicted molar refractivity (Wildman–Crippen MR) is 318 cm³/mol. The molecule has 6 heteroatoms. The minimum atomic E-state index is 0.0267. The number of hydrogen-bond donors (Lipinski definition) is 1. The third-order valence-electron chi connectivity index (χ3n) is 14.4. The standard InChI is InChI=1S/C45H88O3.C8H16OS.C7H15N.2C2H6/c1-6-10-14-26-34-42(32-12-8-3)38-39-44(46)36-28-22-18-16-20-24-30-41(5)31-25-21-17-19-23-29-37-45(47)48-40-43(33-13-9-4)35-27-15-11-7-2;1-2-3-4-5-6-7-10-8-9;1-2-7-3-5-8-6-4-7;2*1-2/h41-43H,6-40H2,1-5H3;8H,2-7H2,1H3;7-8H,2-6H2,1H3;2*1-2H3. The summed E-state index contributed by atoms with van der Waals surface area (Å²) in [6, 6.07) is 0. The summed E-state index contributed by atoms with van der Waals surface area (Å²) in [5.74, 6) is 4.77. The zero-order valence-electron chi connectivity index (χ0n) is 50.0. The molecule has 0 radical (unpaired) electrons. The lowest BCUT2D eigenvalue weighted by atomic mass is 9.90. The van der Waals surface area contributed by atoms with Gasteiger partial charge in [-0.2, -0.15) is 0 Å². The van der Waals surface area contributed by atoms with E-state index in [4.69, 9.17) is 4.74 Å². The van der Waals surface area contributed by atoms with Gasteiger partial charge in [0, 0.05) is 25.0 Å². The third kappa shape index (κ3) is 63.2. The molecule has 1 N–H and O–H groups in total. The molecular weight excluding hydrogens is 879 g/mol. The minimum Gasteiger partial charge on any atom is -0.465 e. The lowest BCUT2D eigenvalue weighted by Crippen LogP contribution is -2.27. The van der Waals surface area contributed by atoms with Gasteiger partial charge in [-0.1, -0.05) is 287 Å². The summed E-state index contributed by atoms with van der Waals surface area (Å²) in [5, 5.41) is 3.35. The molecule has 0 bridgehead atoms. The quantitative estimate of drug-likeness (QED) is 0.0372. The summed E-state index contributed by atoms with van der Waals surface area (Å²) in [7, 11) is 0. The topological polar surface area (TPSA) is 72.5 Å². The molecule has 3 unspecified atom stereocenters. The first-order valence-electron chi connectivity index (χ1n) is 31.7. The molecule has 0 amide bonds. The van der Waals surface area contributed by atoms with Crippen molar-refractivity contribution in [1.82, 2.24) is 5.32 Å². The Labute approximate surface area is 446 Å². The van der Waals surface area contributed by atoms with Gasteiger partial charge < -0.3 is 10.1 Å². The van der Waals surface area contributed by atoms with Gasteiger partial charge in [0.1, 0.15) is 5.78 Å². The van der Waals surface area contributed by atoms with Crippen molar-refractivity contribution in [2.45, 2.75) is 346 Å². The summed E-state index contributed by atoms with van der Waals surface area (Å²) < 4.78 is 5.69. The second kappa shape index (κ2) is 68.1. The number of rotatable bonds is 47. The monoisotopic (exact) mass is 1010 g/mol.